The monoisotopic (exact) mass is 192 g/mol. The third-order valence-corrected chi connectivity index (χ3v) is 1.91. The molecule has 1 rings (SSSR count). The molecule has 0 bridgehead atoms. The van der Waals surface area contributed by atoms with Crippen LogP contribution in [0.4, 0.5) is 0 Å². The van der Waals surface area contributed by atoms with E-state index in [1.165, 1.54) is 0 Å². The Bertz CT molecular complexity index is 295. The zero-order chi connectivity index (χ0) is 11.1. The van der Waals surface area contributed by atoms with Gasteiger partial charge in [0, 0.05) is 5.56 Å². The number of hydrogen-bond acceptors (Lipinski definition) is 1. The maximum Gasteiger partial charge on any atom is 0.0678 e. The number of allylic oxidation sites excluding steroid dienone is 1. The van der Waals surface area contributed by atoms with Gasteiger partial charge in [-0.05, 0) is 11.5 Å². The molecule has 78 valence electrons. The molecule has 0 unspecified atom stereocenters. The van der Waals surface area contributed by atoms with E-state index in [0.29, 0.717) is 5.92 Å². The largest absolute Gasteiger partial charge is 0.278 e. The number of nitrogens with one attached hydrogen (secondary N) is 1. The van der Waals surface area contributed by atoms with Crippen LogP contribution in [-0.4, -0.2) is 10.2 Å². The minimum atomic E-state index is 0.434. The second-order valence-electron chi connectivity index (χ2n) is 3.08. The zero-order valence-corrected chi connectivity index (χ0v) is 9.59. The minimum Gasteiger partial charge on any atom is -0.278 e. The number of H-pyrrole nitrogens is 1. The van der Waals surface area contributed by atoms with Gasteiger partial charge in [0.25, 0.3) is 0 Å². The lowest BCUT2D eigenvalue weighted by atomic mass is 9.99. The van der Waals surface area contributed by atoms with Crippen LogP contribution in [0.2, 0.25) is 0 Å². The Morgan fingerprint density at radius 3 is 2.50 bits per heavy atom. The molecule has 0 atom stereocenters. The summed E-state index contributed by atoms with van der Waals surface area (Å²) in [5.74, 6) is 0.434. The Labute approximate surface area is 86.7 Å². The van der Waals surface area contributed by atoms with Crippen LogP contribution in [-0.2, 0) is 0 Å². The van der Waals surface area contributed by atoms with Crippen molar-refractivity contribution in [3.8, 4) is 0 Å². The Morgan fingerprint density at radius 1 is 1.50 bits per heavy atom. The maximum atomic E-state index is 3.99. The van der Waals surface area contributed by atoms with E-state index in [4.69, 9.17) is 0 Å². The van der Waals surface area contributed by atoms with Crippen LogP contribution in [0.25, 0.3) is 11.6 Å². The third kappa shape index (κ3) is 2.87. The molecule has 2 heteroatoms. The molecular weight excluding hydrogens is 172 g/mol. The van der Waals surface area contributed by atoms with Gasteiger partial charge in [-0.1, -0.05) is 46.9 Å². The van der Waals surface area contributed by atoms with Gasteiger partial charge in [0.2, 0.25) is 0 Å². The average molecular weight is 192 g/mol. The number of aromatic nitrogens is 2. The molecule has 0 spiro atoms. The predicted molar refractivity (Wildman–Crippen MR) is 63.9 cm³/mol. The van der Waals surface area contributed by atoms with Gasteiger partial charge in [-0.2, -0.15) is 5.10 Å². The quantitative estimate of drug-likeness (QED) is 0.776. The lowest BCUT2D eigenvalue weighted by molar-refractivity contribution is 0.848. The summed E-state index contributed by atoms with van der Waals surface area (Å²) in [4.78, 5) is 0. The number of hydrogen-bond donors (Lipinski definition) is 1. The number of rotatable bonds is 3. The van der Waals surface area contributed by atoms with Crippen LogP contribution in [0.1, 0.15) is 39.0 Å². The molecule has 0 aliphatic rings. The summed E-state index contributed by atoms with van der Waals surface area (Å²) in [5, 5.41) is 6.86. The summed E-state index contributed by atoms with van der Waals surface area (Å²) >= 11 is 0. The first-order valence-corrected chi connectivity index (χ1v) is 5.01. The van der Waals surface area contributed by atoms with E-state index in [9.17, 15) is 0 Å². The molecule has 1 aromatic rings. The molecule has 0 aliphatic heterocycles. The first kappa shape index (κ1) is 12.7. The summed E-state index contributed by atoms with van der Waals surface area (Å²) in [7, 11) is 0. The van der Waals surface area contributed by atoms with Crippen molar-refractivity contribution in [2.45, 2.75) is 27.7 Å². The van der Waals surface area contributed by atoms with Gasteiger partial charge < -0.3 is 0 Å². The summed E-state index contributed by atoms with van der Waals surface area (Å²) in [5.41, 5.74) is 3.09. The number of nitrogens with zero attached hydrogens (tertiary/aromatic N) is 1. The molecule has 0 aromatic carbocycles. The number of aromatic amines is 1. The van der Waals surface area contributed by atoms with E-state index < -0.39 is 0 Å². The lowest BCUT2D eigenvalue weighted by Gasteiger charge is -2.07. The van der Waals surface area contributed by atoms with Crippen molar-refractivity contribution in [2.75, 3.05) is 0 Å². The molecule has 1 aromatic heterocycles. The van der Waals surface area contributed by atoms with Gasteiger partial charge in [-0.25, -0.2) is 0 Å². The van der Waals surface area contributed by atoms with E-state index in [2.05, 4.69) is 37.2 Å². The molecular formula is C12H20N2. The molecule has 0 amide bonds. The van der Waals surface area contributed by atoms with Crippen LogP contribution in [0.3, 0.4) is 0 Å². The summed E-state index contributed by atoms with van der Waals surface area (Å²) < 4.78 is 0. The van der Waals surface area contributed by atoms with Crippen molar-refractivity contribution < 1.29 is 0 Å². The fourth-order valence-electron chi connectivity index (χ4n) is 0.996. The zero-order valence-electron chi connectivity index (χ0n) is 9.59. The highest BCUT2D eigenvalue weighted by Gasteiger charge is 2.08. The van der Waals surface area contributed by atoms with Gasteiger partial charge >= 0.3 is 0 Å². The predicted octanol–water partition coefficient (Wildman–Crippen LogP) is 3.75. The SMILES string of the molecule is C=Cc1cn[nH]c1C(=C)C(C)C.CC. The second-order valence-corrected chi connectivity index (χ2v) is 3.08. The fourth-order valence-corrected chi connectivity index (χ4v) is 0.996. The molecule has 0 aliphatic carbocycles. The van der Waals surface area contributed by atoms with Crippen LogP contribution in [0.15, 0.2) is 19.4 Å². The maximum absolute atomic E-state index is 3.99. The fraction of sp³-hybridized carbons (Fsp3) is 0.417. The highest BCUT2D eigenvalue weighted by Crippen LogP contribution is 2.22. The van der Waals surface area contributed by atoms with Gasteiger partial charge in [0.05, 0.1) is 11.9 Å². The van der Waals surface area contributed by atoms with Gasteiger partial charge in [-0.3, -0.25) is 5.10 Å². The molecule has 0 fully saturated rings. The van der Waals surface area contributed by atoms with Crippen LogP contribution < -0.4 is 0 Å². The summed E-state index contributed by atoms with van der Waals surface area (Å²) in [6, 6.07) is 0. The minimum absolute atomic E-state index is 0.434. The normalized spacial score (nSPS) is 9.21. The van der Waals surface area contributed by atoms with Crippen molar-refractivity contribution in [2.24, 2.45) is 5.92 Å². The van der Waals surface area contributed by atoms with Crippen LogP contribution in [0, 0.1) is 5.92 Å². The van der Waals surface area contributed by atoms with E-state index in [1.807, 2.05) is 13.8 Å². The van der Waals surface area contributed by atoms with Gasteiger partial charge in [-0.15, -0.1) is 0 Å². The molecule has 0 saturated carbocycles. The molecule has 0 radical (unpaired) electrons. The third-order valence-electron chi connectivity index (χ3n) is 1.91. The van der Waals surface area contributed by atoms with E-state index in [-0.39, 0.29) is 0 Å². The van der Waals surface area contributed by atoms with Crippen molar-refractivity contribution in [3.05, 3.63) is 30.6 Å². The first-order chi connectivity index (χ1) is 6.66. The summed E-state index contributed by atoms with van der Waals surface area (Å²) in [6.07, 6.45) is 3.54. The van der Waals surface area contributed by atoms with Gasteiger partial charge in [0.15, 0.2) is 0 Å². The van der Waals surface area contributed by atoms with Crippen LogP contribution >= 0.6 is 0 Å². The molecule has 0 saturated heterocycles. The van der Waals surface area contributed by atoms with Crippen molar-refractivity contribution in [1.29, 1.82) is 0 Å². The molecule has 1 N–H and O–H groups in total. The Hall–Kier alpha value is -1.31. The molecule has 1 heterocycles. The van der Waals surface area contributed by atoms with E-state index in [0.717, 1.165) is 16.8 Å². The Morgan fingerprint density at radius 2 is 2.07 bits per heavy atom. The van der Waals surface area contributed by atoms with E-state index >= 15 is 0 Å². The smallest absolute Gasteiger partial charge is 0.0678 e. The highest BCUT2D eigenvalue weighted by molar-refractivity contribution is 5.70. The van der Waals surface area contributed by atoms with Crippen molar-refractivity contribution in [3.63, 3.8) is 0 Å². The second kappa shape index (κ2) is 6.19. The molecule has 14 heavy (non-hydrogen) atoms. The lowest BCUT2D eigenvalue weighted by Crippen LogP contribution is -1.93. The van der Waals surface area contributed by atoms with E-state index in [1.54, 1.807) is 12.3 Å². The van der Waals surface area contributed by atoms with Crippen LogP contribution in [0.5, 0.6) is 0 Å². The Kier molecular flexibility index (Phi) is 5.61. The highest BCUT2D eigenvalue weighted by atomic mass is 15.1. The van der Waals surface area contributed by atoms with Crippen molar-refractivity contribution in [1.82, 2.24) is 10.2 Å². The Balaban J connectivity index is 0.000000791. The topological polar surface area (TPSA) is 28.7 Å². The first-order valence-electron chi connectivity index (χ1n) is 5.01. The summed E-state index contributed by atoms with van der Waals surface area (Å²) in [6.45, 7) is 15.9. The standard InChI is InChI=1S/C10H14N2.C2H6/c1-5-9-6-11-12-10(9)8(4)7(2)3;1-2/h5-7H,1,4H2,2-3H3,(H,11,12);1-2H3. The average Bonchev–Trinajstić information content (AvgIpc) is 2.67. The van der Waals surface area contributed by atoms with Gasteiger partial charge in [0.1, 0.15) is 0 Å². The van der Waals surface area contributed by atoms with Crippen molar-refractivity contribution >= 4 is 11.6 Å². The molecule has 2 nitrogen and oxygen atoms in total.